The van der Waals surface area contributed by atoms with Gasteiger partial charge in [-0.2, -0.15) is 0 Å². The number of imidazole rings is 1. The van der Waals surface area contributed by atoms with Crippen LogP contribution in [0.1, 0.15) is 32.1 Å². The minimum Gasteiger partial charge on any atom is -0.497 e. The molecule has 0 saturated carbocycles. The summed E-state index contributed by atoms with van der Waals surface area (Å²) in [6, 6.07) is 19.1. The number of anilines is 1. The van der Waals surface area contributed by atoms with Gasteiger partial charge in [-0.25, -0.2) is 4.98 Å². The second-order valence-electron chi connectivity index (χ2n) is 8.06. The Labute approximate surface area is 224 Å². The molecule has 4 rings (SSSR count). The number of aromatic nitrogens is 2. The van der Waals surface area contributed by atoms with Crippen LogP contribution in [0.3, 0.4) is 0 Å². The first-order valence-corrected chi connectivity index (χ1v) is 12.1. The SMILES string of the molecule is COc1ccc(C(=O)NC/C=C\c2nc(-c3ccc(NC(=O)c4c(Cl)cccc4Cl)cc3)[nH]c2C)cc1. The average molecular weight is 535 g/mol. The fourth-order valence-corrected chi connectivity index (χ4v) is 4.13. The Morgan fingerprint density at radius 1 is 0.973 bits per heavy atom. The van der Waals surface area contributed by atoms with E-state index in [4.69, 9.17) is 27.9 Å². The lowest BCUT2D eigenvalue weighted by Gasteiger charge is -2.08. The van der Waals surface area contributed by atoms with Crippen LogP contribution < -0.4 is 15.4 Å². The van der Waals surface area contributed by atoms with Gasteiger partial charge in [-0.05, 0) is 73.7 Å². The summed E-state index contributed by atoms with van der Waals surface area (Å²) in [6.07, 6.45) is 3.69. The average Bonchev–Trinajstić information content (AvgIpc) is 3.27. The van der Waals surface area contributed by atoms with Gasteiger partial charge < -0.3 is 20.4 Å². The van der Waals surface area contributed by atoms with Crippen molar-refractivity contribution in [2.24, 2.45) is 0 Å². The van der Waals surface area contributed by atoms with Gasteiger partial charge in [-0.3, -0.25) is 9.59 Å². The fraction of sp³-hybridized carbons (Fsp3) is 0.107. The number of aromatic amines is 1. The van der Waals surface area contributed by atoms with E-state index < -0.39 is 0 Å². The third-order valence-corrected chi connectivity index (χ3v) is 6.17. The van der Waals surface area contributed by atoms with E-state index >= 15 is 0 Å². The highest BCUT2D eigenvalue weighted by molar-refractivity contribution is 6.40. The summed E-state index contributed by atoms with van der Waals surface area (Å²) in [5, 5.41) is 6.23. The van der Waals surface area contributed by atoms with Gasteiger partial charge in [0.15, 0.2) is 0 Å². The number of ether oxygens (including phenoxy) is 1. The molecule has 3 aromatic carbocycles. The molecule has 0 aliphatic heterocycles. The number of hydrogen-bond donors (Lipinski definition) is 3. The molecule has 0 saturated heterocycles. The third-order valence-electron chi connectivity index (χ3n) is 5.54. The van der Waals surface area contributed by atoms with Crippen LogP contribution >= 0.6 is 23.2 Å². The minimum absolute atomic E-state index is 0.171. The Hall–Kier alpha value is -4.07. The van der Waals surface area contributed by atoms with Crippen LogP contribution in [0.15, 0.2) is 72.8 Å². The number of nitrogens with zero attached hydrogens (tertiary/aromatic N) is 1. The molecular weight excluding hydrogens is 511 g/mol. The second kappa shape index (κ2) is 11.8. The number of carbonyl (C=O) groups is 2. The lowest BCUT2D eigenvalue weighted by Crippen LogP contribution is -2.23. The van der Waals surface area contributed by atoms with Crippen molar-refractivity contribution in [3.63, 3.8) is 0 Å². The summed E-state index contributed by atoms with van der Waals surface area (Å²) in [7, 11) is 1.58. The predicted octanol–water partition coefficient (Wildman–Crippen LogP) is 6.40. The molecule has 0 bridgehead atoms. The van der Waals surface area contributed by atoms with Crippen molar-refractivity contribution in [3.05, 3.63) is 105 Å². The number of halogens is 2. The first kappa shape index (κ1) is 26.0. The number of nitrogens with one attached hydrogen (secondary N) is 3. The van der Waals surface area contributed by atoms with Crippen molar-refractivity contribution in [1.82, 2.24) is 15.3 Å². The summed E-state index contributed by atoms with van der Waals surface area (Å²) in [4.78, 5) is 32.8. The highest BCUT2D eigenvalue weighted by atomic mass is 35.5. The number of rotatable bonds is 8. The van der Waals surface area contributed by atoms with Crippen molar-refractivity contribution in [1.29, 1.82) is 0 Å². The maximum Gasteiger partial charge on any atom is 0.258 e. The largest absolute Gasteiger partial charge is 0.497 e. The van der Waals surface area contributed by atoms with Gasteiger partial charge >= 0.3 is 0 Å². The zero-order valence-corrected chi connectivity index (χ0v) is 21.7. The van der Waals surface area contributed by atoms with Gasteiger partial charge in [0.2, 0.25) is 0 Å². The molecule has 0 spiro atoms. The highest BCUT2D eigenvalue weighted by Gasteiger charge is 2.15. The van der Waals surface area contributed by atoms with Crippen molar-refractivity contribution in [2.75, 3.05) is 19.0 Å². The topological polar surface area (TPSA) is 96.1 Å². The normalized spacial score (nSPS) is 10.9. The molecule has 0 atom stereocenters. The monoisotopic (exact) mass is 534 g/mol. The zero-order valence-electron chi connectivity index (χ0n) is 20.1. The van der Waals surface area contributed by atoms with Gasteiger partial charge in [0.1, 0.15) is 11.6 Å². The number of amides is 2. The van der Waals surface area contributed by atoms with E-state index in [1.165, 1.54) is 0 Å². The van der Waals surface area contributed by atoms with Crippen LogP contribution in [0, 0.1) is 6.92 Å². The molecule has 37 heavy (non-hydrogen) atoms. The smallest absolute Gasteiger partial charge is 0.258 e. The molecule has 0 unspecified atom stereocenters. The quantitative estimate of drug-likeness (QED) is 0.244. The lowest BCUT2D eigenvalue weighted by atomic mass is 10.1. The maximum absolute atomic E-state index is 12.6. The highest BCUT2D eigenvalue weighted by Crippen LogP contribution is 2.26. The molecule has 2 amide bonds. The molecule has 7 nitrogen and oxygen atoms in total. The van der Waals surface area contributed by atoms with Gasteiger partial charge in [-0.1, -0.05) is 35.3 Å². The second-order valence-corrected chi connectivity index (χ2v) is 8.88. The van der Waals surface area contributed by atoms with Crippen LogP contribution in [-0.4, -0.2) is 35.4 Å². The molecule has 4 aromatic rings. The minimum atomic E-state index is -0.385. The molecule has 9 heteroatoms. The standard InChI is InChI=1S/C28H24Cl2N4O3/c1-17-24(7-4-16-31-27(35)19-10-14-21(37-2)15-11-19)34-26(32-17)18-8-12-20(13-9-18)33-28(36)25-22(29)5-3-6-23(25)30/h3-15H,16H2,1-2H3,(H,31,35)(H,32,34)(H,33,36)/b7-4-. The Morgan fingerprint density at radius 3 is 2.30 bits per heavy atom. The van der Waals surface area contributed by atoms with Crippen LogP contribution in [-0.2, 0) is 0 Å². The van der Waals surface area contributed by atoms with Crippen molar-refractivity contribution < 1.29 is 14.3 Å². The lowest BCUT2D eigenvalue weighted by molar-refractivity contribution is 0.0957. The van der Waals surface area contributed by atoms with Crippen LogP contribution in [0.2, 0.25) is 10.0 Å². The summed E-state index contributed by atoms with van der Waals surface area (Å²) >= 11 is 12.2. The summed E-state index contributed by atoms with van der Waals surface area (Å²) in [5.74, 6) is 0.827. The first-order chi connectivity index (χ1) is 17.9. The van der Waals surface area contributed by atoms with Crippen LogP contribution in [0.4, 0.5) is 5.69 Å². The van der Waals surface area contributed by atoms with Gasteiger partial charge in [0.25, 0.3) is 11.8 Å². The number of aryl methyl sites for hydroxylation is 1. The Balaban J connectivity index is 1.36. The maximum atomic E-state index is 12.6. The van der Waals surface area contributed by atoms with Crippen molar-refractivity contribution in [3.8, 4) is 17.1 Å². The number of methoxy groups -OCH3 is 1. The van der Waals surface area contributed by atoms with E-state index in [-0.39, 0.29) is 27.4 Å². The van der Waals surface area contributed by atoms with E-state index in [9.17, 15) is 9.59 Å². The van der Waals surface area contributed by atoms with Crippen molar-refractivity contribution in [2.45, 2.75) is 6.92 Å². The Bertz CT molecular complexity index is 1430. The third kappa shape index (κ3) is 6.39. The van der Waals surface area contributed by atoms with E-state index in [2.05, 4.69) is 20.6 Å². The van der Waals surface area contributed by atoms with E-state index in [1.54, 1.807) is 61.7 Å². The number of hydrogen-bond acceptors (Lipinski definition) is 4. The molecule has 188 valence electrons. The number of H-pyrrole nitrogens is 1. The number of benzene rings is 3. The van der Waals surface area contributed by atoms with Crippen LogP contribution in [0.5, 0.6) is 5.75 Å². The summed E-state index contributed by atoms with van der Waals surface area (Å²) < 4.78 is 5.11. The summed E-state index contributed by atoms with van der Waals surface area (Å²) in [5.41, 5.74) is 3.89. The van der Waals surface area contributed by atoms with Crippen LogP contribution in [0.25, 0.3) is 17.5 Å². The van der Waals surface area contributed by atoms with E-state index in [0.29, 0.717) is 29.4 Å². The first-order valence-electron chi connectivity index (χ1n) is 11.4. The zero-order chi connectivity index (χ0) is 26.4. The molecule has 0 fully saturated rings. The molecule has 1 aromatic heterocycles. The van der Waals surface area contributed by atoms with Gasteiger partial charge in [0.05, 0.1) is 28.4 Å². The van der Waals surface area contributed by atoms with E-state index in [1.807, 2.05) is 31.2 Å². The van der Waals surface area contributed by atoms with Gasteiger partial charge in [-0.15, -0.1) is 0 Å². The molecule has 0 aliphatic carbocycles. The van der Waals surface area contributed by atoms with E-state index in [0.717, 1.165) is 17.0 Å². The Morgan fingerprint density at radius 2 is 1.65 bits per heavy atom. The van der Waals surface area contributed by atoms with Crippen molar-refractivity contribution >= 4 is 46.8 Å². The molecular formula is C28H24Cl2N4O3. The van der Waals surface area contributed by atoms with Gasteiger partial charge in [0, 0.05) is 29.1 Å². The number of carbonyl (C=O) groups excluding carboxylic acids is 2. The molecule has 3 N–H and O–H groups in total. The fourth-order valence-electron chi connectivity index (χ4n) is 3.56. The summed E-state index contributed by atoms with van der Waals surface area (Å²) in [6.45, 7) is 2.28. The molecule has 1 heterocycles. The Kier molecular flexibility index (Phi) is 8.28. The predicted molar refractivity (Wildman–Crippen MR) is 148 cm³/mol. The molecule has 0 aliphatic rings. The molecule has 0 radical (unpaired) electrons.